The van der Waals surface area contributed by atoms with Crippen LogP contribution in [0.25, 0.3) is 0 Å². The van der Waals surface area contributed by atoms with Gasteiger partial charge in [-0.25, -0.2) is 4.79 Å². The van der Waals surface area contributed by atoms with Crippen LogP contribution in [0, 0.1) is 0 Å². The van der Waals surface area contributed by atoms with Gasteiger partial charge < -0.3 is 20.6 Å². The van der Waals surface area contributed by atoms with E-state index in [2.05, 4.69) is 23.8 Å². The maximum absolute atomic E-state index is 11.2. The average molecular weight is 277 g/mol. The predicted octanol–water partition coefficient (Wildman–Crippen LogP) is 1.89. The van der Waals surface area contributed by atoms with E-state index in [-0.39, 0.29) is 0 Å². The Morgan fingerprint density at radius 3 is 2.85 bits per heavy atom. The highest BCUT2D eigenvalue weighted by molar-refractivity contribution is 5.90. The standard InChI is InChI=1S/C15H23N3O2/c1-3-12-10-17(2)7-4-8-18(12)14-9-11(15(19)20)5-6-13(14)16/h5-6,9,12H,3-4,7-8,10,16H2,1-2H3,(H,19,20). The van der Waals surface area contributed by atoms with Gasteiger partial charge in [-0.1, -0.05) is 6.92 Å². The highest BCUT2D eigenvalue weighted by Gasteiger charge is 2.24. The van der Waals surface area contributed by atoms with Crippen LogP contribution in [0.3, 0.4) is 0 Å². The van der Waals surface area contributed by atoms with E-state index in [4.69, 9.17) is 10.8 Å². The van der Waals surface area contributed by atoms with Gasteiger partial charge in [0.15, 0.2) is 0 Å². The molecule has 0 aromatic heterocycles. The molecule has 1 unspecified atom stereocenters. The Morgan fingerprint density at radius 2 is 2.20 bits per heavy atom. The van der Waals surface area contributed by atoms with Crippen molar-refractivity contribution >= 4 is 17.3 Å². The van der Waals surface area contributed by atoms with Gasteiger partial charge in [-0.3, -0.25) is 0 Å². The third kappa shape index (κ3) is 3.04. The summed E-state index contributed by atoms with van der Waals surface area (Å²) in [4.78, 5) is 15.7. The van der Waals surface area contributed by atoms with Crippen molar-refractivity contribution in [3.8, 4) is 0 Å². The molecule has 1 atom stereocenters. The molecule has 1 aliphatic heterocycles. The summed E-state index contributed by atoms with van der Waals surface area (Å²) >= 11 is 0. The van der Waals surface area contributed by atoms with Gasteiger partial charge in [0.1, 0.15) is 0 Å². The topological polar surface area (TPSA) is 69.8 Å². The smallest absolute Gasteiger partial charge is 0.335 e. The number of carboxylic acid groups (broad SMARTS) is 1. The summed E-state index contributed by atoms with van der Waals surface area (Å²) in [7, 11) is 2.13. The van der Waals surface area contributed by atoms with Gasteiger partial charge in [0.25, 0.3) is 0 Å². The first-order valence-electron chi connectivity index (χ1n) is 7.11. The van der Waals surface area contributed by atoms with Crippen LogP contribution in [0.2, 0.25) is 0 Å². The van der Waals surface area contributed by atoms with Crippen molar-refractivity contribution in [3.05, 3.63) is 23.8 Å². The molecule has 2 rings (SSSR count). The lowest BCUT2D eigenvalue weighted by Crippen LogP contribution is -2.40. The van der Waals surface area contributed by atoms with Crippen molar-refractivity contribution < 1.29 is 9.90 Å². The Kier molecular flexibility index (Phi) is 4.49. The molecular weight excluding hydrogens is 254 g/mol. The van der Waals surface area contributed by atoms with Crippen LogP contribution in [-0.4, -0.2) is 48.7 Å². The zero-order valence-corrected chi connectivity index (χ0v) is 12.2. The summed E-state index contributed by atoms with van der Waals surface area (Å²) in [5.74, 6) is -0.911. The Morgan fingerprint density at radius 1 is 1.45 bits per heavy atom. The Labute approximate surface area is 120 Å². The minimum absolute atomic E-state index is 0.293. The normalized spacial score (nSPS) is 20.7. The van der Waals surface area contributed by atoms with E-state index in [1.165, 1.54) is 0 Å². The third-order valence-electron chi connectivity index (χ3n) is 3.96. The summed E-state index contributed by atoms with van der Waals surface area (Å²) in [6.45, 7) is 5.11. The van der Waals surface area contributed by atoms with Gasteiger partial charge in [0, 0.05) is 19.1 Å². The quantitative estimate of drug-likeness (QED) is 0.826. The van der Waals surface area contributed by atoms with Gasteiger partial charge >= 0.3 is 5.97 Å². The van der Waals surface area contributed by atoms with Crippen LogP contribution in [-0.2, 0) is 0 Å². The third-order valence-corrected chi connectivity index (χ3v) is 3.96. The molecular formula is C15H23N3O2. The molecule has 3 N–H and O–H groups in total. The van der Waals surface area contributed by atoms with Crippen LogP contribution in [0.5, 0.6) is 0 Å². The monoisotopic (exact) mass is 277 g/mol. The fraction of sp³-hybridized carbons (Fsp3) is 0.533. The van der Waals surface area contributed by atoms with Gasteiger partial charge in [0.05, 0.1) is 16.9 Å². The van der Waals surface area contributed by atoms with Crippen molar-refractivity contribution in [2.75, 3.05) is 37.3 Å². The first-order valence-corrected chi connectivity index (χ1v) is 7.11. The maximum atomic E-state index is 11.2. The Hall–Kier alpha value is -1.75. The number of carboxylic acids is 1. The van der Waals surface area contributed by atoms with E-state index < -0.39 is 5.97 Å². The number of nitrogens with two attached hydrogens (primary N) is 1. The predicted molar refractivity (Wildman–Crippen MR) is 81.4 cm³/mol. The molecule has 0 bridgehead atoms. The number of anilines is 2. The molecule has 20 heavy (non-hydrogen) atoms. The summed E-state index contributed by atoms with van der Waals surface area (Å²) in [6, 6.07) is 5.33. The van der Waals surface area contributed by atoms with Crippen LogP contribution < -0.4 is 10.6 Å². The van der Waals surface area contributed by atoms with Gasteiger partial charge in [-0.2, -0.15) is 0 Å². The van der Waals surface area contributed by atoms with Crippen LogP contribution >= 0.6 is 0 Å². The molecule has 110 valence electrons. The van der Waals surface area contributed by atoms with E-state index in [9.17, 15) is 4.79 Å². The number of nitrogen functional groups attached to an aromatic ring is 1. The summed E-state index contributed by atoms with van der Waals surface area (Å²) in [5, 5.41) is 9.15. The first kappa shape index (κ1) is 14.7. The molecule has 0 saturated carbocycles. The molecule has 1 heterocycles. The Balaban J connectivity index is 2.36. The fourth-order valence-electron chi connectivity index (χ4n) is 2.84. The number of carbonyl (C=O) groups is 1. The number of hydrogen-bond donors (Lipinski definition) is 2. The summed E-state index contributed by atoms with van der Waals surface area (Å²) in [6.07, 6.45) is 2.07. The molecule has 1 aromatic carbocycles. The van der Waals surface area contributed by atoms with Crippen molar-refractivity contribution in [3.63, 3.8) is 0 Å². The number of nitrogens with zero attached hydrogens (tertiary/aromatic N) is 2. The van der Waals surface area contributed by atoms with E-state index in [0.717, 1.165) is 38.2 Å². The Bertz CT molecular complexity index is 490. The van der Waals surface area contributed by atoms with Crippen molar-refractivity contribution in [1.29, 1.82) is 0 Å². The van der Waals surface area contributed by atoms with Crippen LogP contribution in [0.1, 0.15) is 30.1 Å². The largest absolute Gasteiger partial charge is 0.478 e. The van der Waals surface area contributed by atoms with Crippen molar-refractivity contribution in [2.24, 2.45) is 0 Å². The van der Waals surface area contributed by atoms with Gasteiger partial charge in [-0.05, 0) is 44.6 Å². The van der Waals surface area contributed by atoms with E-state index in [0.29, 0.717) is 17.3 Å². The minimum atomic E-state index is -0.911. The zero-order chi connectivity index (χ0) is 14.7. The molecule has 0 amide bonds. The van der Waals surface area contributed by atoms with Gasteiger partial charge in [-0.15, -0.1) is 0 Å². The van der Waals surface area contributed by atoms with Crippen LogP contribution in [0.4, 0.5) is 11.4 Å². The molecule has 5 nitrogen and oxygen atoms in total. The molecule has 1 fully saturated rings. The number of likely N-dealkylation sites (N-methyl/N-ethyl adjacent to an activating group) is 1. The molecule has 0 spiro atoms. The second kappa shape index (κ2) is 6.13. The second-order valence-electron chi connectivity index (χ2n) is 5.45. The minimum Gasteiger partial charge on any atom is -0.478 e. The average Bonchev–Trinajstić information content (AvgIpc) is 2.60. The highest BCUT2D eigenvalue weighted by Crippen LogP contribution is 2.29. The molecule has 1 aromatic rings. The lowest BCUT2D eigenvalue weighted by molar-refractivity contribution is 0.0697. The molecule has 1 aliphatic rings. The first-order chi connectivity index (χ1) is 9.52. The molecule has 0 aliphatic carbocycles. The highest BCUT2D eigenvalue weighted by atomic mass is 16.4. The molecule has 0 radical (unpaired) electrons. The lowest BCUT2D eigenvalue weighted by Gasteiger charge is -2.33. The van der Waals surface area contributed by atoms with Crippen molar-refractivity contribution in [1.82, 2.24) is 4.90 Å². The molecule has 1 saturated heterocycles. The summed E-state index contributed by atoms with van der Waals surface area (Å²) < 4.78 is 0. The SMILES string of the molecule is CCC1CN(C)CCCN1c1cc(C(=O)O)ccc1N. The van der Waals surface area contributed by atoms with E-state index >= 15 is 0 Å². The fourth-order valence-corrected chi connectivity index (χ4v) is 2.84. The number of rotatable bonds is 3. The van der Waals surface area contributed by atoms with E-state index in [1.54, 1.807) is 18.2 Å². The maximum Gasteiger partial charge on any atom is 0.335 e. The summed E-state index contributed by atoms with van der Waals surface area (Å²) in [5.41, 5.74) is 7.87. The number of hydrogen-bond acceptors (Lipinski definition) is 4. The van der Waals surface area contributed by atoms with E-state index in [1.807, 2.05) is 0 Å². The van der Waals surface area contributed by atoms with Crippen molar-refractivity contribution in [2.45, 2.75) is 25.8 Å². The van der Waals surface area contributed by atoms with Crippen LogP contribution in [0.15, 0.2) is 18.2 Å². The zero-order valence-electron chi connectivity index (χ0n) is 12.2. The lowest BCUT2D eigenvalue weighted by atomic mass is 10.1. The van der Waals surface area contributed by atoms with Gasteiger partial charge in [0.2, 0.25) is 0 Å². The number of aromatic carboxylic acids is 1. The molecule has 5 heteroatoms. The number of benzene rings is 1. The second-order valence-corrected chi connectivity index (χ2v) is 5.45.